The van der Waals surface area contributed by atoms with E-state index in [0.29, 0.717) is 17.3 Å². The van der Waals surface area contributed by atoms with Gasteiger partial charge >= 0.3 is 11.7 Å². The van der Waals surface area contributed by atoms with Crippen LogP contribution in [0.1, 0.15) is 71.1 Å². The Morgan fingerprint density at radius 1 is 1.04 bits per heavy atom. The van der Waals surface area contributed by atoms with Crippen LogP contribution in [-0.2, 0) is 0 Å². The van der Waals surface area contributed by atoms with Gasteiger partial charge in [-0.05, 0) is 6.42 Å². The molecule has 1 amide bonds. The summed E-state index contributed by atoms with van der Waals surface area (Å²) in [7, 11) is 0. The van der Waals surface area contributed by atoms with Crippen molar-refractivity contribution in [1.29, 1.82) is 0 Å². The van der Waals surface area contributed by atoms with E-state index in [0.717, 1.165) is 19.3 Å². The summed E-state index contributed by atoms with van der Waals surface area (Å²) < 4.78 is 13.6. The molecule has 0 atom stereocenters. The third-order valence-corrected chi connectivity index (χ3v) is 3.92. The molecule has 0 spiro atoms. The minimum atomic E-state index is -1.16. The second-order valence-electron chi connectivity index (χ2n) is 6.02. The van der Waals surface area contributed by atoms with E-state index in [-0.39, 0.29) is 0 Å². The second kappa shape index (κ2) is 11.6. The van der Waals surface area contributed by atoms with E-state index in [2.05, 4.69) is 12.2 Å². The molecule has 0 aromatic carbocycles. The van der Waals surface area contributed by atoms with Crippen LogP contribution in [0.25, 0.3) is 0 Å². The smallest absolute Gasteiger partial charge is 0.336 e. The topological polar surface area (TPSA) is 84.0 Å². The molecular weight excluding hydrogens is 313 g/mol. The summed E-state index contributed by atoms with van der Waals surface area (Å²) in [6.07, 6.45) is 12.5. The van der Waals surface area contributed by atoms with Gasteiger partial charge in [-0.3, -0.25) is 9.78 Å². The van der Waals surface area contributed by atoms with Crippen LogP contribution in [0.5, 0.6) is 0 Å². The fourth-order valence-corrected chi connectivity index (χ4v) is 2.49. The van der Waals surface area contributed by atoms with Gasteiger partial charge in [0, 0.05) is 6.54 Å². The molecule has 0 aliphatic heterocycles. The molecule has 0 aliphatic rings. The lowest BCUT2D eigenvalue weighted by Gasteiger charge is -2.06. The van der Waals surface area contributed by atoms with Crippen molar-refractivity contribution in [3.05, 3.63) is 32.9 Å². The lowest BCUT2D eigenvalue weighted by atomic mass is 10.1. The monoisotopic (exact) mass is 341 g/mol. The fourth-order valence-electron chi connectivity index (χ4n) is 2.49. The number of rotatable bonds is 11. The molecule has 1 aromatic rings. The maximum absolute atomic E-state index is 13.1. The standard InChI is InChI=1S/C17H28FN3O3/c1-2-3-4-5-6-7-8-9-10-11-12-19-16(23)21-13-14(18)15(22)20-17(21)24/h13H,2-12H2,1H3,(H,19,23)(H,20,22,24). The van der Waals surface area contributed by atoms with Crippen molar-refractivity contribution in [3.63, 3.8) is 0 Å². The summed E-state index contributed by atoms with van der Waals surface area (Å²) in [4.78, 5) is 35.8. The van der Waals surface area contributed by atoms with Gasteiger partial charge in [-0.25, -0.2) is 14.2 Å². The minimum Gasteiger partial charge on any atom is -0.337 e. The number of aromatic amines is 1. The molecular formula is C17H28FN3O3. The van der Waals surface area contributed by atoms with Crippen LogP contribution < -0.4 is 16.6 Å². The van der Waals surface area contributed by atoms with Crippen molar-refractivity contribution in [2.24, 2.45) is 0 Å². The van der Waals surface area contributed by atoms with E-state index in [4.69, 9.17) is 0 Å². The van der Waals surface area contributed by atoms with Gasteiger partial charge in [-0.2, -0.15) is 4.39 Å². The molecule has 2 N–H and O–H groups in total. The van der Waals surface area contributed by atoms with E-state index in [9.17, 15) is 18.8 Å². The zero-order valence-corrected chi connectivity index (χ0v) is 14.4. The largest absolute Gasteiger partial charge is 0.337 e. The molecule has 24 heavy (non-hydrogen) atoms. The van der Waals surface area contributed by atoms with Crippen molar-refractivity contribution in [2.45, 2.75) is 71.1 Å². The molecule has 6 nitrogen and oxygen atoms in total. The van der Waals surface area contributed by atoms with Crippen molar-refractivity contribution >= 4 is 6.03 Å². The number of carbonyl (C=O) groups is 1. The molecule has 7 heteroatoms. The zero-order valence-electron chi connectivity index (χ0n) is 14.4. The number of hydrogen-bond acceptors (Lipinski definition) is 3. The van der Waals surface area contributed by atoms with Crippen molar-refractivity contribution in [1.82, 2.24) is 14.9 Å². The van der Waals surface area contributed by atoms with E-state index < -0.39 is 23.1 Å². The summed E-state index contributed by atoms with van der Waals surface area (Å²) in [5.74, 6) is -1.16. The lowest BCUT2D eigenvalue weighted by molar-refractivity contribution is 0.240. The molecule has 1 heterocycles. The van der Waals surface area contributed by atoms with Crippen LogP contribution in [0.2, 0.25) is 0 Å². The molecule has 0 bridgehead atoms. The Morgan fingerprint density at radius 3 is 2.17 bits per heavy atom. The number of halogens is 1. The Balaban J connectivity index is 2.11. The normalized spacial score (nSPS) is 10.8. The summed E-state index contributed by atoms with van der Waals surface area (Å²) >= 11 is 0. The molecule has 1 rings (SSSR count). The van der Waals surface area contributed by atoms with E-state index >= 15 is 0 Å². The SMILES string of the molecule is CCCCCCCCCCCCNC(=O)n1cc(F)c(=O)[nH]c1=O. The van der Waals surface area contributed by atoms with Crippen LogP contribution in [0, 0.1) is 5.82 Å². The summed E-state index contributed by atoms with van der Waals surface area (Å²) in [6, 6.07) is -0.730. The van der Waals surface area contributed by atoms with Gasteiger partial charge in [0.2, 0.25) is 5.82 Å². The van der Waals surface area contributed by atoms with Gasteiger partial charge in [0.1, 0.15) is 0 Å². The van der Waals surface area contributed by atoms with Crippen LogP contribution in [0.4, 0.5) is 9.18 Å². The first kappa shape index (κ1) is 20.1. The first-order valence-corrected chi connectivity index (χ1v) is 8.86. The van der Waals surface area contributed by atoms with E-state index in [1.54, 1.807) is 4.98 Å². The molecule has 0 fully saturated rings. The second-order valence-corrected chi connectivity index (χ2v) is 6.02. The molecule has 0 saturated heterocycles. The molecule has 0 unspecified atom stereocenters. The molecule has 0 aliphatic carbocycles. The maximum atomic E-state index is 13.1. The Bertz CT molecular complexity index is 610. The lowest BCUT2D eigenvalue weighted by Crippen LogP contribution is -2.40. The van der Waals surface area contributed by atoms with Crippen LogP contribution in [0.15, 0.2) is 15.8 Å². The number of amides is 1. The van der Waals surface area contributed by atoms with Gasteiger partial charge < -0.3 is 5.32 Å². The van der Waals surface area contributed by atoms with E-state index in [1.807, 2.05) is 0 Å². The third-order valence-electron chi connectivity index (χ3n) is 3.92. The first-order valence-electron chi connectivity index (χ1n) is 8.86. The maximum Gasteiger partial charge on any atom is 0.336 e. The summed E-state index contributed by atoms with van der Waals surface area (Å²) in [6.45, 7) is 2.63. The number of unbranched alkanes of at least 4 members (excludes halogenated alkanes) is 9. The average molecular weight is 341 g/mol. The molecule has 136 valence electrons. The number of H-pyrrole nitrogens is 1. The van der Waals surface area contributed by atoms with Crippen LogP contribution in [-0.4, -0.2) is 22.1 Å². The van der Waals surface area contributed by atoms with Crippen LogP contribution >= 0.6 is 0 Å². The number of carbonyl (C=O) groups excluding carboxylic acids is 1. The highest BCUT2D eigenvalue weighted by atomic mass is 19.1. The fraction of sp³-hybridized carbons (Fsp3) is 0.706. The average Bonchev–Trinajstić information content (AvgIpc) is 2.55. The number of nitrogens with zero attached hydrogens (tertiary/aromatic N) is 1. The number of aromatic nitrogens is 2. The Morgan fingerprint density at radius 2 is 1.58 bits per heavy atom. The van der Waals surface area contributed by atoms with Gasteiger partial charge in [0.15, 0.2) is 0 Å². The van der Waals surface area contributed by atoms with Gasteiger partial charge in [0.25, 0.3) is 5.56 Å². The molecule has 0 saturated carbocycles. The number of nitrogens with one attached hydrogen (secondary N) is 2. The quantitative estimate of drug-likeness (QED) is 0.606. The van der Waals surface area contributed by atoms with Crippen molar-refractivity contribution in [2.75, 3.05) is 6.54 Å². The Kier molecular flexibility index (Phi) is 9.72. The third kappa shape index (κ3) is 7.57. The van der Waals surface area contributed by atoms with Crippen molar-refractivity contribution < 1.29 is 9.18 Å². The van der Waals surface area contributed by atoms with E-state index in [1.165, 1.54) is 44.9 Å². The molecule has 1 aromatic heterocycles. The van der Waals surface area contributed by atoms with Crippen molar-refractivity contribution in [3.8, 4) is 0 Å². The first-order chi connectivity index (χ1) is 11.6. The Hall–Kier alpha value is -1.92. The minimum absolute atomic E-state index is 0.419. The van der Waals surface area contributed by atoms with Gasteiger partial charge in [0.05, 0.1) is 6.20 Å². The highest BCUT2D eigenvalue weighted by Crippen LogP contribution is 2.10. The highest BCUT2D eigenvalue weighted by molar-refractivity contribution is 5.76. The summed E-state index contributed by atoms with van der Waals surface area (Å²) in [5, 5.41) is 2.55. The van der Waals surface area contributed by atoms with Gasteiger partial charge in [-0.1, -0.05) is 64.7 Å². The predicted octanol–water partition coefficient (Wildman–Crippen LogP) is 3.15. The van der Waals surface area contributed by atoms with Crippen LogP contribution in [0.3, 0.4) is 0 Å². The highest BCUT2D eigenvalue weighted by Gasteiger charge is 2.09. The van der Waals surface area contributed by atoms with Gasteiger partial charge in [-0.15, -0.1) is 0 Å². The number of hydrogen-bond donors (Lipinski definition) is 2. The molecule has 0 radical (unpaired) electrons. The summed E-state index contributed by atoms with van der Waals surface area (Å²) in [5.41, 5.74) is -2.07. The Labute approximate surface area is 141 Å². The zero-order chi connectivity index (χ0) is 17.8. The predicted molar refractivity (Wildman–Crippen MR) is 91.9 cm³/mol.